The summed E-state index contributed by atoms with van der Waals surface area (Å²) in [7, 11) is 0. The Labute approximate surface area is 209 Å². The molecule has 0 radical (unpaired) electrons. The minimum atomic E-state index is -1.20. The van der Waals surface area contributed by atoms with E-state index in [2.05, 4.69) is 11.9 Å². The predicted octanol–water partition coefficient (Wildman–Crippen LogP) is 7.22. The van der Waals surface area contributed by atoms with E-state index in [4.69, 9.17) is 9.47 Å². The summed E-state index contributed by atoms with van der Waals surface area (Å²) in [5, 5.41) is 9.19. The Morgan fingerprint density at radius 3 is 1.94 bits per heavy atom. The smallest absolute Gasteiger partial charge is 0.362 e. The lowest BCUT2D eigenvalue weighted by atomic mass is 9.90. The van der Waals surface area contributed by atoms with Crippen molar-refractivity contribution in [3.8, 4) is 17.6 Å². The zero-order valence-electron chi connectivity index (χ0n) is 21.3. The van der Waals surface area contributed by atoms with Gasteiger partial charge in [0.1, 0.15) is 17.2 Å². The first-order valence-corrected chi connectivity index (χ1v) is 12.8. The van der Waals surface area contributed by atoms with Gasteiger partial charge in [-0.1, -0.05) is 71.3 Å². The van der Waals surface area contributed by atoms with Gasteiger partial charge in [0.15, 0.2) is 5.41 Å². The van der Waals surface area contributed by atoms with E-state index in [0.29, 0.717) is 12.2 Å². The summed E-state index contributed by atoms with van der Waals surface area (Å²) in [6.07, 6.45) is 14.7. The summed E-state index contributed by atoms with van der Waals surface area (Å²) in [4.78, 5) is 28.9. The monoisotopic (exact) mass is 478 g/mol. The normalized spacial score (nSPS) is 12.4. The van der Waals surface area contributed by atoms with Gasteiger partial charge in [0, 0.05) is 6.20 Å². The van der Waals surface area contributed by atoms with Crippen molar-refractivity contribution in [2.75, 3.05) is 0 Å². The van der Waals surface area contributed by atoms with Crippen molar-refractivity contribution in [2.24, 2.45) is 5.41 Å². The fourth-order valence-corrected chi connectivity index (χ4v) is 3.56. The fraction of sp³-hybridized carbons (Fsp3) is 0.517. The van der Waals surface area contributed by atoms with Crippen molar-refractivity contribution in [1.29, 1.82) is 5.26 Å². The van der Waals surface area contributed by atoms with Crippen molar-refractivity contribution >= 4 is 11.9 Å². The highest BCUT2D eigenvalue weighted by atomic mass is 16.5. The van der Waals surface area contributed by atoms with Crippen LogP contribution in [0.15, 0.2) is 42.6 Å². The van der Waals surface area contributed by atoms with Gasteiger partial charge in [-0.2, -0.15) is 5.26 Å². The number of ether oxygens (including phenoxy) is 2. The molecule has 0 aliphatic carbocycles. The minimum Gasteiger partial charge on any atom is -0.425 e. The van der Waals surface area contributed by atoms with Gasteiger partial charge in [-0.15, -0.1) is 0 Å². The topological polar surface area (TPSA) is 89.3 Å². The third kappa shape index (κ3) is 9.52. The quantitative estimate of drug-likeness (QED) is 0.152. The average Bonchev–Trinajstić information content (AvgIpc) is 2.88. The van der Waals surface area contributed by atoms with Crippen molar-refractivity contribution < 1.29 is 19.1 Å². The molecule has 6 nitrogen and oxygen atoms in total. The molecule has 1 aromatic heterocycles. The van der Waals surface area contributed by atoms with Gasteiger partial charge in [0.2, 0.25) is 0 Å². The van der Waals surface area contributed by atoms with E-state index in [1.165, 1.54) is 75.6 Å². The molecule has 0 N–H and O–H groups in total. The number of pyridine rings is 1. The highest BCUT2D eigenvalue weighted by Crippen LogP contribution is 2.25. The lowest BCUT2D eigenvalue weighted by Crippen LogP contribution is -2.29. The maximum atomic E-state index is 12.4. The van der Waals surface area contributed by atoms with E-state index in [0.717, 1.165) is 18.4 Å². The van der Waals surface area contributed by atoms with Crippen LogP contribution < -0.4 is 9.47 Å². The molecule has 0 spiro atoms. The molecule has 2 rings (SSSR count). The molecule has 0 saturated carbocycles. The molecule has 1 unspecified atom stereocenters. The molecule has 0 amide bonds. The lowest BCUT2D eigenvalue weighted by Gasteiger charge is -2.17. The molecule has 6 heteroatoms. The molecule has 1 atom stereocenters. The molecule has 1 heterocycles. The van der Waals surface area contributed by atoms with Crippen LogP contribution in [0.2, 0.25) is 0 Å². The number of carbonyl (C=O) groups is 2. The number of aryl methyl sites for hydroxylation is 1. The second kappa shape index (κ2) is 14.9. The van der Waals surface area contributed by atoms with E-state index in [1.54, 1.807) is 26.1 Å². The Kier molecular flexibility index (Phi) is 12.0. The van der Waals surface area contributed by atoms with Gasteiger partial charge in [0.25, 0.3) is 0 Å². The molecule has 0 fully saturated rings. The van der Waals surface area contributed by atoms with E-state index >= 15 is 0 Å². The molecule has 0 saturated heterocycles. The molecule has 0 aliphatic heterocycles. The summed E-state index contributed by atoms with van der Waals surface area (Å²) in [6, 6.07) is 11.7. The van der Waals surface area contributed by atoms with Crippen molar-refractivity contribution in [1.82, 2.24) is 4.98 Å². The highest BCUT2D eigenvalue weighted by Gasteiger charge is 2.33. The summed E-state index contributed by atoms with van der Waals surface area (Å²) in [5.74, 6) is -0.566. The van der Waals surface area contributed by atoms with E-state index < -0.39 is 17.4 Å². The van der Waals surface area contributed by atoms with Crippen molar-refractivity contribution in [3.05, 3.63) is 53.9 Å². The standard InChI is InChI=1S/C29H38N2O4/c1-4-6-7-8-9-10-11-12-13-14-23-15-20-26(31-21-23)27(32)34-24-16-18-25(19-17-24)35-28(33)29(3,5-2)22-30/h15-21H,4-14H2,1-3H3. The summed E-state index contributed by atoms with van der Waals surface area (Å²) >= 11 is 0. The number of hydrogen-bond acceptors (Lipinski definition) is 6. The van der Waals surface area contributed by atoms with Crippen LogP contribution in [-0.2, 0) is 11.2 Å². The maximum absolute atomic E-state index is 12.4. The minimum absolute atomic E-state index is 0.240. The SMILES string of the molecule is CCCCCCCCCCCc1ccc(C(=O)Oc2ccc(OC(=O)C(C)(C#N)CC)cc2)nc1. The Morgan fingerprint density at radius 2 is 1.43 bits per heavy atom. The van der Waals surface area contributed by atoms with E-state index in [9.17, 15) is 14.9 Å². The van der Waals surface area contributed by atoms with Crippen molar-refractivity contribution in [3.63, 3.8) is 0 Å². The van der Waals surface area contributed by atoms with Crippen LogP contribution in [0.5, 0.6) is 11.5 Å². The first-order valence-electron chi connectivity index (χ1n) is 12.8. The molecule has 188 valence electrons. The summed E-state index contributed by atoms with van der Waals surface area (Å²) in [5.41, 5.74) is 0.160. The Bertz CT molecular complexity index is 964. The number of benzene rings is 1. The van der Waals surface area contributed by atoms with Gasteiger partial charge >= 0.3 is 11.9 Å². The zero-order chi connectivity index (χ0) is 25.5. The van der Waals surface area contributed by atoms with Gasteiger partial charge in [-0.25, -0.2) is 14.6 Å². The Morgan fingerprint density at radius 1 is 0.857 bits per heavy atom. The first-order chi connectivity index (χ1) is 16.9. The first kappa shape index (κ1) is 28.0. The van der Waals surface area contributed by atoms with Crippen LogP contribution in [0.4, 0.5) is 0 Å². The van der Waals surface area contributed by atoms with Crippen LogP contribution in [0.3, 0.4) is 0 Å². The molecule has 1 aromatic carbocycles. The third-order valence-electron chi connectivity index (χ3n) is 6.25. The number of carbonyl (C=O) groups excluding carboxylic acids is 2. The number of nitriles is 1. The molecule has 0 bridgehead atoms. The van der Waals surface area contributed by atoms with Crippen LogP contribution in [0, 0.1) is 16.7 Å². The van der Waals surface area contributed by atoms with Crippen LogP contribution >= 0.6 is 0 Å². The fourth-order valence-electron chi connectivity index (χ4n) is 3.56. The largest absolute Gasteiger partial charge is 0.425 e. The lowest BCUT2D eigenvalue weighted by molar-refractivity contribution is -0.142. The molecule has 2 aromatic rings. The number of nitrogens with zero attached hydrogens (tertiary/aromatic N) is 2. The molecule has 0 aliphatic rings. The molecule has 35 heavy (non-hydrogen) atoms. The Balaban J connectivity index is 1.75. The Hall–Kier alpha value is -3.20. The number of aromatic nitrogens is 1. The van der Waals surface area contributed by atoms with Crippen LogP contribution in [0.1, 0.15) is 101 Å². The van der Waals surface area contributed by atoms with Gasteiger partial charge in [-0.3, -0.25) is 0 Å². The second-order valence-corrected chi connectivity index (χ2v) is 9.18. The number of unbranched alkanes of at least 4 members (excludes halogenated alkanes) is 8. The molecular weight excluding hydrogens is 440 g/mol. The van der Waals surface area contributed by atoms with Crippen LogP contribution in [-0.4, -0.2) is 16.9 Å². The molecular formula is C29H38N2O4. The summed E-state index contributed by atoms with van der Waals surface area (Å²) in [6.45, 7) is 5.54. The second-order valence-electron chi connectivity index (χ2n) is 9.18. The number of rotatable bonds is 15. The zero-order valence-corrected chi connectivity index (χ0v) is 21.3. The number of esters is 2. The van der Waals surface area contributed by atoms with Gasteiger partial charge in [0.05, 0.1) is 6.07 Å². The predicted molar refractivity (Wildman–Crippen MR) is 136 cm³/mol. The third-order valence-corrected chi connectivity index (χ3v) is 6.25. The van der Waals surface area contributed by atoms with E-state index in [-0.39, 0.29) is 11.4 Å². The average molecular weight is 479 g/mol. The number of hydrogen-bond donors (Lipinski definition) is 0. The van der Waals surface area contributed by atoms with Gasteiger partial charge < -0.3 is 9.47 Å². The summed E-state index contributed by atoms with van der Waals surface area (Å²) < 4.78 is 10.7. The van der Waals surface area contributed by atoms with Crippen LogP contribution in [0.25, 0.3) is 0 Å². The highest BCUT2D eigenvalue weighted by molar-refractivity contribution is 5.89. The van der Waals surface area contributed by atoms with E-state index in [1.807, 2.05) is 12.1 Å². The van der Waals surface area contributed by atoms with Crippen molar-refractivity contribution in [2.45, 2.75) is 91.4 Å². The maximum Gasteiger partial charge on any atom is 0.362 e. The van der Waals surface area contributed by atoms with Gasteiger partial charge in [-0.05, 0) is 62.1 Å².